The van der Waals surface area contributed by atoms with Gasteiger partial charge in [-0.05, 0) is 91.6 Å². The number of hydrogen-bond acceptors (Lipinski definition) is 7. The first-order chi connectivity index (χ1) is 19.4. The third-order valence-electron chi connectivity index (χ3n) is 10.1. The first-order valence-corrected chi connectivity index (χ1v) is 14.2. The fourth-order valence-electron chi connectivity index (χ4n) is 8.07. The average Bonchev–Trinajstić information content (AvgIpc) is 3.70. The molecule has 3 N–H and O–H groups in total. The molecule has 0 radical (unpaired) electrons. The molecule has 1 saturated heterocycles. The van der Waals surface area contributed by atoms with Gasteiger partial charge in [0.2, 0.25) is 5.91 Å². The van der Waals surface area contributed by atoms with Gasteiger partial charge < -0.3 is 20.3 Å². The molecule has 1 unspecified atom stereocenters. The van der Waals surface area contributed by atoms with E-state index in [0.29, 0.717) is 30.2 Å². The second kappa shape index (κ2) is 8.38. The van der Waals surface area contributed by atoms with E-state index < -0.39 is 28.9 Å². The van der Waals surface area contributed by atoms with Gasteiger partial charge in [-0.2, -0.15) is 0 Å². The molecule has 40 heavy (non-hydrogen) atoms. The van der Waals surface area contributed by atoms with E-state index in [1.54, 1.807) is 24.5 Å². The lowest BCUT2D eigenvalue weighted by Gasteiger charge is -2.63. The van der Waals surface area contributed by atoms with Gasteiger partial charge in [-0.15, -0.1) is 0 Å². The number of benzene rings is 2. The zero-order chi connectivity index (χ0) is 27.2. The number of hydrogen-bond donors (Lipinski definition) is 3. The molecule has 3 heterocycles. The molecule has 2 aromatic carbocycles. The summed E-state index contributed by atoms with van der Waals surface area (Å²) in [4.78, 5) is 34.3. The highest BCUT2D eigenvalue weighted by Gasteiger charge is 2.75. The predicted octanol–water partition coefficient (Wildman–Crippen LogP) is 3.45. The number of aromatic hydroxyl groups is 1. The number of carbonyl (C=O) groups excluding carboxylic acids is 2. The van der Waals surface area contributed by atoms with E-state index in [2.05, 4.69) is 15.2 Å². The lowest BCUT2D eigenvalue weighted by molar-refractivity contribution is -0.197. The van der Waals surface area contributed by atoms with Crippen LogP contribution in [0.5, 0.6) is 11.5 Å². The molecule has 204 valence electrons. The molecule has 2 aliphatic heterocycles. The molecule has 2 bridgehead atoms. The molecular formula is C32H31N3O5. The summed E-state index contributed by atoms with van der Waals surface area (Å²) in [6.45, 7) is 1.67. The van der Waals surface area contributed by atoms with E-state index >= 15 is 0 Å². The fraction of sp³-hybridized carbons (Fsp3) is 0.406. The molecule has 3 aromatic rings. The number of nitrogens with zero attached hydrogens (tertiary/aromatic N) is 2. The molecule has 5 aliphatic rings. The molecule has 2 saturated carbocycles. The maximum Gasteiger partial charge on any atom is 0.235 e. The SMILES string of the molecule is O=C(Nc1cccc(-c2ccncc2)c1)C1C[C@@]2(O)[C@H]3Cc4ccc(O)c5c4[C@@]2(CCN3CC2CC2)[C@@H](O5)C1=O. The first kappa shape index (κ1) is 24.1. The zero-order valence-electron chi connectivity index (χ0n) is 22.0. The Hall–Kier alpha value is -3.75. The van der Waals surface area contributed by atoms with Crippen LogP contribution in [0, 0.1) is 11.8 Å². The van der Waals surface area contributed by atoms with Gasteiger partial charge in [-0.1, -0.05) is 18.2 Å². The van der Waals surface area contributed by atoms with E-state index in [1.165, 1.54) is 12.8 Å². The Morgan fingerprint density at radius 1 is 1.12 bits per heavy atom. The van der Waals surface area contributed by atoms with E-state index in [-0.39, 0.29) is 24.0 Å². The van der Waals surface area contributed by atoms with Crippen molar-refractivity contribution in [3.8, 4) is 22.6 Å². The Balaban J connectivity index is 1.16. The van der Waals surface area contributed by atoms with E-state index in [1.807, 2.05) is 36.4 Å². The van der Waals surface area contributed by atoms with Gasteiger partial charge >= 0.3 is 0 Å². The molecule has 8 rings (SSSR count). The van der Waals surface area contributed by atoms with Crippen LogP contribution in [-0.4, -0.2) is 62.6 Å². The third kappa shape index (κ3) is 3.23. The number of phenolic OH excluding ortho intramolecular Hbond substituents is 1. The average molecular weight is 538 g/mol. The largest absolute Gasteiger partial charge is 0.504 e. The fourth-order valence-corrected chi connectivity index (χ4v) is 8.07. The van der Waals surface area contributed by atoms with Crippen LogP contribution in [0.4, 0.5) is 5.69 Å². The number of rotatable bonds is 5. The van der Waals surface area contributed by atoms with Gasteiger partial charge in [0.15, 0.2) is 23.4 Å². The van der Waals surface area contributed by atoms with Gasteiger partial charge in [0, 0.05) is 36.2 Å². The second-order valence-electron chi connectivity index (χ2n) is 12.2. The molecule has 1 spiro atoms. The van der Waals surface area contributed by atoms with Gasteiger partial charge in [-0.3, -0.25) is 19.5 Å². The molecule has 1 aromatic heterocycles. The van der Waals surface area contributed by atoms with Crippen LogP contribution in [0.3, 0.4) is 0 Å². The Bertz CT molecular complexity index is 1560. The number of piperidine rings is 1. The quantitative estimate of drug-likeness (QED) is 0.428. The summed E-state index contributed by atoms with van der Waals surface area (Å²) >= 11 is 0. The van der Waals surface area contributed by atoms with Crippen molar-refractivity contribution < 1.29 is 24.5 Å². The van der Waals surface area contributed by atoms with Crippen LogP contribution in [-0.2, 0) is 21.4 Å². The molecule has 8 nitrogen and oxygen atoms in total. The molecule has 1 amide bonds. The Morgan fingerprint density at radius 2 is 1.95 bits per heavy atom. The van der Waals surface area contributed by atoms with Crippen LogP contribution in [0.1, 0.15) is 36.8 Å². The van der Waals surface area contributed by atoms with E-state index in [4.69, 9.17) is 4.74 Å². The highest BCUT2D eigenvalue weighted by Crippen LogP contribution is 2.65. The number of Topliss-reactive ketones (excluding diaryl/α,β-unsaturated/α-hetero) is 1. The Kier molecular flexibility index (Phi) is 5.04. The minimum absolute atomic E-state index is 0.0227. The van der Waals surface area contributed by atoms with Crippen molar-refractivity contribution in [2.75, 3.05) is 18.4 Å². The van der Waals surface area contributed by atoms with Crippen molar-refractivity contribution in [1.82, 2.24) is 9.88 Å². The number of phenols is 1. The van der Waals surface area contributed by atoms with Crippen molar-refractivity contribution in [3.05, 3.63) is 72.1 Å². The summed E-state index contributed by atoms with van der Waals surface area (Å²) in [6, 6.07) is 14.6. The van der Waals surface area contributed by atoms with Crippen molar-refractivity contribution in [2.45, 2.75) is 55.3 Å². The smallest absolute Gasteiger partial charge is 0.235 e. The summed E-state index contributed by atoms with van der Waals surface area (Å²) in [5, 5.41) is 26.4. The highest BCUT2D eigenvalue weighted by atomic mass is 16.5. The van der Waals surface area contributed by atoms with Gasteiger partial charge in [0.05, 0.1) is 11.0 Å². The van der Waals surface area contributed by atoms with Gasteiger partial charge in [0.1, 0.15) is 5.92 Å². The number of nitrogens with one attached hydrogen (secondary N) is 1. The highest BCUT2D eigenvalue weighted by molar-refractivity contribution is 6.10. The van der Waals surface area contributed by atoms with E-state index in [9.17, 15) is 19.8 Å². The summed E-state index contributed by atoms with van der Waals surface area (Å²) in [5.74, 6) is -0.928. The van der Waals surface area contributed by atoms with Gasteiger partial charge in [0.25, 0.3) is 0 Å². The molecular weight excluding hydrogens is 506 g/mol. The number of aliphatic hydroxyl groups is 1. The lowest BCUT2D eigenvalue weighted by Crippen LogP contribution is -2.78. The van der Waals surface area contributed by atoms with Crippen LogP contribution >= 0.6 is 0 Å². The van der Waals surface area contributed by atoms with Crippen molar-refractivity contribution in [1.29, 1.82) is 0 Å². The number of ether oxygens (including phenoxy) is 1. The summed E-state index contributed by atoms with van der Waals surface area (Å²) in [5.41, 5.74) is 1.96. The first-order valence-electron chi connectivity index (χ1n) is 14.2. The lowest BCUT2D eigenvalue weighted by atomic mass is 9.47. The minimum atomic E-state index is -1.34. The van der Waals surface area contributed by atoms with Crippen LogP contribution in [0.25, 0.3) is 11.1 Å². The van der Waals surface area contributed by atoms with Crippen molar-refractivity contribution >= 4 is 17.4 Å². The second-order valence-corrected chi connectivity index (χ2v) is 12.2. The predicted molar refractivity (Wildman–Crippen MR) is 147 cm³/mol. The zero-order valence-corrected chi connectivity index (χ0v) is 22.0. The van der Waals surface area contributed by atoms with Gasteiger partial charge in [-0.25, -0.2) is 0 Å². The Labute approximate surface area is 232 Å². The molecule has 8 heteroatoms. The summed E-state index contributed by atoms with van der Waals surface area (Å²) in [7, 11) is 0. The number of amides is 1. The van der Waals surface area contributed by atoms with Crippen LogP contribution < -0.4 is 10.1 Å². The Morgan fingerprint density at radius 3 is 2.75 bits per heavy atom. The third-order valence-corrected chi connectivity index (χ3v) is 10.1. The van der Waals surface area contributed by atoms with Crippen LogP contribution in [0.15, 0.2) is 60.9 Å². The van der Waals surface area contributed by atoms with Crippen molar-refractivity contribution in [2.24, 2.45) is 11.8 Å². The summed E-state index contributed by atoms with van der Waals surface area (Å²) < 4.78 is 6.26. The maximum atomic E-state index is 14.1. The number of anilines is 1. The number of likely N-dealkylation sites (tertiary alicyclic amines) is 1. The number of ketones is 1. The van der Waals surface area contributed by atoms with E-state index in [0.717, 1.165) is 35.3 Å². The molecule has 3 aliphatic carbocycles. The number of carbonyl (C=O) groups is 2. The summed E-state index contributed by atoms with van der Waals surface area (Å²) in [6.07, 6.45) is 6.00. The number of aromatic nitrogens is 1. The van der Waals surface area contributed by atoms with Crippen LogP contribution in [0.2, 0.25) is 0 Å². The molecule has 5 atom stereocenters. The number of pyridine rings is 1. The monoisotopic (exact) mass is 537 g/mol. The minimum Gasteiger partial charge on any atom is -0.504 e. The standard InChI is InChI=1S/C32H31N3O5/c36-24-7-6-21-15-25-32(39)16-23(30(38)34-22-3-1-2-20(14-22)19-8-11-33-12-9-19)27(37)29-31(32,26(21)28(24)40-29)10-13-35(25)17-18-4-5-18/h1-3,6-9,11-12,14,18,23,25,29,36,39H,4-5,10,13,15-17H2,(H,34,38)/t23?,25-,29+,31+,32-/m1/s1. The normalized spacial score (nSPS) is 31.8. The maximum absolute atomic E-state index is 14.1. The topological polar surface area (TPSA) is 112 Å². The van der Waals surface area contributed by atoms with Crippen molar-refractivity contribution in [3.63, 3.8) is 0 Å². The molecule has 3 fully saturated rings.